The maximum absolute atomic E-state index is 13.1. The maximum Gasteiger partial charge on any atom is 0.272 e. The summed E-state index contributed by atoms with van der Waals surface area (Å²) >= 11 is 0. The van der Waals surface area contributed by atoms with Crippen molar-refractivity contribution < 1.29 is 4.79 Å². The average Bonchev–Trinajstić information content (AvgIpc) is 3.31. The molecule has 1 aliphatic rings. The van der Waals surface area contributed by atoms with Crippen molar-refractivity contribution in [2.75, 3.05) is 6.54 Å². The summed E-state index contributed by atoms with van der Waals surface area (Å²) in [4.78, 5) is 15.1. The van der Waals surface area contributed by atoms with Crippen LogP contribution in [0.5, 0.6) is 0 Å². The monoisotopic (exact) mass is 334 g/mol. The fraction of sp³-hybridized carbons (Fsp3) is 0.300. The number of H-pyrrole nitrogens is 1. The van der Waals surface area contributed by atoms with Gasteiger partial charge in [-0.05, 0) is 37.5 Å². The van der Waals surface area contributed by atoms with Crippen LogP contribution >= 0.6 is 0 Å². The Morgan fingerprint density at radius 2 is 2.00 bits per heavy atom. The largest absolute Gasteiger partial charge is 0.353 e. The van der Waals surface area contributed by atoms with Crippen LogP contribution in [0.2, 0.25) is 0 Å². The molecule has 0 bridgehead atoms. The van der Waals surface area contributed by atoms with Crippen molar-refractivity contribution in [3.63, 3.8) is 0 Å². The molecule has 3 aromatic rings. The van der Waals surface area contributed by atoms with Crippen LogP contribution in [0, 0.1) is 0 Å². The second-order valence-corrected chi connectivity index (χ2v) is 6.59. The molecule has 1 unspecified atom stereocenters. The van der Waals surface area contributed by atoms with Gasteiger partial charge >= 0.3 is 0 Å². The van der Waals surface area contributed by atoms with E-state index in [4.69, 9.17) is 0 Å². The van der Waals surface area contributed by atoms with E-state index in [9.17, 15) is 4.79 Å². The lowest BCUT2D eigenvalue weighted by atomic mass is 9.98. The highest BCUT2D eigenvalue weighted by Gasteiger charge is 2.30. The third-order valence-corrected chi connectivity index (χ3v) is 4.97. The summed E-state index contributed by atoms with van der Waals surface area (Å²) in [5.74, 6) is 0.0283. The number of carbonyl (C=O) groups is 1. The first-order valence-corrected chi connectivity index (χ1v) is 8.77. The maximum atomic E-state index is 13.1. The molecule has 1 saturated heterocycles. The van der Waals surface area contributed by atoms with Crippen molar-refractivity contribution >= 4 is 5.91 Å². The van der Waals surface area contributed by atoms with Crippen LogP contribution in [0.1, 0.15) is 41.5 Å². The minimum atomic E-state index is 0.0283. The topological polar surface area (TPSA) is 53.9 Å². The summed E-state index contributed by atoms with van der Waals surface area (Å²) in [6.45, 7) is 0.786. The lowest BCUT2D eigenvalue weighted by Crippen LogP contribution is -2.39. The van der Waals surface area contributed by atoms with E-state index in [0.29, 0.717) is 5.69 Å². The second-order valence-electron chi connectivity index (χ2n) is 6.59. The van der Waals surface area contributed by atoms with Gasteiger partial charge in [-0.2, -0.15) is 5.10 Å². The molecule has 2 aromatic heterocycles. The van der Waals surface area contributed by atoms with Crippen LogP contribution in [0.3, 0.4) is 0 Å². The molecule has 1 N–H and O–H groups in total. The summed E-state index contributed by atoms with van der Waals surface area (Å²) < 4.78 is 2.11. The number of likely N-dealkylation sites (tertiary alicyclic amines) is 1. The van der Waals surface area contributed by atoms with Gasteiger partial charge in [-0.15, -0.1) is 0 Å². The number of amides is 1. The van der Waals surface area contributed by atoms with E-state index in [1.807, 2.05) is 60.6 Å². The van der Waals surface area contributed by atoms with Crippen molar-refractivity contribution in [3.05, 3.63) is 66.1 Å². The normalized spacial score (nSPS) is 17.6. The van der Waals surface area contributed by atoms with E-state index >= 15 is 0 Å². The molecule has 1 aliphatic heterocycles. The molecule has 0 radical (unpaired) electrons. The number of hydrogen-bond donors (Lipinski definition) is 1. The number of piperidine rings is 1. The van der Waals surface area contributed by atoms with Crippen molar-refractivity contribution in [1.82, 2.24) is 19.7 Å². The smallest absolute Gasteiger partial charge is 0.272 e. The summed E-state index contributed by atoms with van der Waals surface area (Å²) in [5, 5.41) is 7.26. The number of nitrogens with zero attached hydrogens (tertiary/aromatic N) is 3. The SMILES string of the molecule is Cn1cccc1C1CCCCN1C(=O)c1cc(-c2ccccc2)n[nH]1. The van der Waals surface area contributed by atoms with Gasteiger partial charge < -0.3 is 9.47 Å². The average molecular weight is 334 g/mol. The van der Waals surface area contributed by atoms with Gasteiger partial charge in [0, 0.05) is 31.0 Å². The second kappa shape index (κ2) is 6.59. The first-order valence-electron chi connectivity index (χ1n) is 8.77. The molecule has 4 rings (SSSR count). The van der Waals surface area contributed by atoms with Crippen LogP contribution in [0.15, 0.2) is 54.7 Å². The molecule has 1 fully saturated rings. The highest BCUT2D eigenvalue weighted by molar-refractivity contribution is 5.93. The number of nitrogens with one attached hydrogen (secondary N) is 1. The number of rotatable bonds is 3. The highest BCUT2D eigenvalue weighted by Crippen LogP contribution is 2.32. The number of aryl methyl sites for hydroxylation is 1. The van der Waals surface area contributed by atoms with E-state index in [1.54, 1.807) is 0 Å². The zero-order valence-corrected chi connectivity index (χ0v) is 14.4. The molecule has 5 heteroatoms. The van der Waals surface area contributed by atoms with Crippen molar-refractivity contribution in [1.29, 1.82) is 0 Å². The molecule has 0 spiro atoms. The van der Waals surface area contributed by atoms with Gasteiger partial charge in [-0.3, -0.25) is 9.89 Å². The Morgan fingerprint density at radius 3 is 2.76 bits per heavy atom. The molecule has 1 aromatic carbocycles. The Balaban J connectivity index is 1.61. The van der Waals surface area contributed by atoms with E-state index in [0.717, 1.165) is 37.1 Å². The third-order valence-electron chi connectivity index (χ3n) is 4.97. The fourth-order valence-corrected chi connectivity index (χ4v) is 3.65. The molecule has 25 heavy (non-hydrogen) atoms. The minimum absolute atomic E-state index is 0.0283. The van der Waals surface area contributed by atoms with Gasteiger partial charge in [-0.25, -0.2) is 0 Å². The van der Waals surface area contributed by atoms with E-state index in [1.165, 1.54) is 5.69 Å². The molecule has 0 saturated carbocycles. The number of aromatic nitrogens is 3. The zero-order chi connectivity index (χ0) is 17.2. The van der Waals surface area contributed by atoms with Crippen LogP contribution in [0.4, 0.5) is 0 Å². The van der Waals surface area contributed by atoms with Gasteiger partial charge in [0.05, 0.1) is 11.7 Å². The van der Waals surface area contributed by atoms with Gasteiger partial charge in [0.2, 0.25) is 0 Å². The first kappa shape index (κ1) is 15.7. The van der Waals surface area contributed by atoms with E-state index in [2.05, 4.69) is 20.8 Å². The van der Waals surface area contributed by atoms with Crippen molar-refractivity contribution in [3.8, 4) is 11.3 Å². The number of benzene rings is 1. The van der Waals surface area contributed by atoms with E-state index in [-0.39, 0.29) is 11.9 Å². The van der Waals surface area contributed by atoms with Crippen LogP contribution in [0.25, 0.3) is 11.3 Å². The van der Waals surface area contributed by atoms with Gasteiger partial charge in [0.15, 0.2) is 0 Å². The van der Waals surface area contributed by atoms with Crippen LogP contribution in [-0.4, -0.2) is 32.1 Å². The summed E-state index contributed by atoms with van der Waals surface area (Å²) in [6.07, 6.45) is 5.24. The minimum Gasteiger partial charge on any atom is -0.353 e. The summed E-state index contributed by atoms with van der Waals surface area (Å²) in [6, 6.07) is 16.0. The van der Waals surface area contributed by atoms with Crippen LogP contribution < -0.4 is 0 Å². The Kier molecular flexibility index (Phi) is 4.14. The van der Waals surface area contributed by atoms with Crippen molar-refractivity contribution in [2.24, 2.45) is 7.05 Å². The number of hydrogen-bond acceptors (Lipinski definition) is 2. The lowest BCUT2D eigenvalue weighted by molar-refractivity contribution is 0.0596. The zero-order valence-electron chi connectivity index (χ0n) is 14.4. The Bertz CT molecular complexity index is 865. The predicted octanol–water partition coefficient (Wildman–Crippen LogP) is 3.78. The van der Waals surface area contributed by atoms with Gasteiger partial charge in [-0.1, -0.05) is 30.3 Å². The van der Waals surface area contributed by atoms with Crippen molar-refractivity contribution in [2.45, 2.75) is 25.3 Å². The molecular weight excluding hydrogens is 312 g/mol. The molecule has 3 heterocycles. The molecule has 128 valence electrons. The standard InChI is InChI=1S/C20H22N4O/c1-23-12-7-11-18(23)19-10-5-6-13-24(19)20(25)17-14-16(21-22-17)15-8-3-2-4-9-15/h2-4,7-9,11-12,14,19H,5-6,10,13H2,1H3,(H,21,22). The Hall–Kier alpha value is -2.82. The van der Waals surface area contributed by atoms with Gasteiger partial charge in [0.25, 0.3) is 5.91 Å². The van der Waals surface area contributed by atoms with Crippen LogP contribution in [-0.2, 0) is 7.05 Å². The first-order chi connectivity index (χ1) is 12.2. The Morgan fingerprint density at radius 1 is 1.16 bits per heavy atom. The number of aromatic amines is 1. The third kappa shape index (κ3) is 2.97. The molecule has 1 amide bonds. The molecule has 5 nitrogen and oxygen atoms in total. The predicted molar refractivity (Wildman–Crippen MR) is 97.1 cm³/mol. The fourth-order valence-electron chi connectivity index (χ4n) is 3.65. The Labute approximate surface area is 147 Å². The molecule has 1 atom stereocenters. The molecular formula is C20H22N4O. The summed E-state index contributed by atoms with van der Waals surface area (Å²) in [5.41, 5.74) is 3.56. The summed E-state index contributed by atoms with van der Waals surface area (Å²) in [7, 11) is 2.04. The quantitative estimate of drug-likeness (QED) is 0.792. The highest BCUT2D eigenvalue weighted by atomic mass is 16.2. The number of carbonyl (C=O) groups excluding carboxylic acids is 1. The van der Waals surface area contributed by atoms with E-state index < -0.39 is 0 Å². The molecule has 0 aliphatic carbocycles. The van der Waals surface area contributed by atoms with Gasteiger partial charge in [0.1, 0.15) is 5.69 Å². The lowest BCUT2D eigenvalue weighted by Gasteiger charge is -2.35.